The third-order valence-electron chi connectivity index (χ3n) is 6.78. The highest BCUT2D eigenvalue weighted by atomic mass is 35.5. The number of halogens is 1. The van der Waals surface area contributed by atoms with Gasteiger partial charge in [0.2, 0.25) is 0 Å². The van der Waals surface area contributed by atoms with Gasteiger partial charge < -0.3 is 14.2 Å². The van der Waals surface area contributed by atoms with Crippen LogP contribution in [0.2, 0.25) is 5.02 Å². The van der Waals surface area contributed by atoms with Crippen molar-refractivity contribution in [2.75, 3.05) is 13.7 Å². The van der Waals surface area contributed by atoms with E-state index in [2.05, 4.69) is 4.99 Å². The molecule has 41 heavy (non-hydrogen) atoms. The standard InChI is InChI=1S/C32H29ClN2O5S/c1-5-39-31(37)28-20(3)34-32-35(29(28)22-11-13-24(33)14-12-22)30(36)27(41-32)17-21-10-15-26(38-4)23(16-21)18-40-25-9-7-6-8-19(25)2/h6-17,29H,5,18H2,1-4H3/t29-/m1/s1. The van der Waals surface area contributed by atoms with Gasteiger partial charge in [-0.05, 0) is 73.9 Å². The Labute approximate surface area is 246 Å². The minimum absolute atomic E-state index is 0.209. The fraction of sp³-hybridized carbons (Fsp3) is 0.219. The molecule has 0 fully saturated rings. The molecule has 0 amide bonds. The van der Waals surface area contributed by atoms with E-state index in [1.165, 1.54) is 11.3 Å². The Hall–Kier alpha value is -4.14. The van der Waals surface area contributed by atoms with Gasteiger partial charge in [-0.2, -0.15) is 0 Å². The van der Waals surface area contributed by atoms with Gasteiger partial charge >= 0.3 is 5.97 Å². The van der Waals surface area contributed by atoms with Crippen LogP contribution in [0.25, 0.3) is 6.08 Å². The van der Waals surface area contributed by atoms with Crippen molar-refractivity contribution >= 4 is 35.0 Å². The maximum Gasteiger partial charge on any atom is 0.338 e. The van der Waals surface area contributed by atoms with E-state index in [0.717, 1.165) is 28.0 Å². The van der Waals surface area contributed by atoms with Crippen molar-refractivity contribution in [1.82, 2.24) is 4.57 Å². The van der Waals surface area contributed by atoms with Crippen LogP contribution in [-0.4, -0.2) is 24.3 Å². The number of methoxy groups -OCH3 is 1. The number of rotatable bonds is 8. The third-order valence-corrected chi connectivity index (χ3v) is 8.02. The van der Waals surface area contributed by atoms with Crippen LogP contribution in [0.5, 0.6) is 11.5 Å². The van der Waals surface area contributed by atoms with Gasteiger partial charge in [-0.1, -0.05) is 59.3 Å². The molecule has 1 aromatic heterocycles. The molecule has 210 valence electrons. The summed E-state index contributed by atoms with van der Waals surface area (Å²) in [6, 6.07) is 19.9. The lowest BCUT2D eigenvalue weighted by atomic mass is 9.96. The normalized spacial score (nSPS) is 14.9. The lowest BCUT2D eigenvalue weighted by molar-refractivity contribution is -0.139. The highest BCUT2D eigenvalue weighted by molar-refractivity contribution is 7.07. The molecular weight excluding hydrogens is 560 g/mol. The lowest BCUT2D eigenvalue weighted by Gasteiger charge is -2.24. The maximum atomic E-state index is 13.9. The quantitative estimate of drug-likeness (QED) is 0.259. The van der Waals surface area contributed by atoms with Gasteiger partial charge in [0.1, 0.15) is 18.1 Å². The molecule has 0 unspecified atom stereocenters. The smallest absolute Gasteiger partial charge is 0.338 e. The Morgan fingerprint density at radius 2 is 1.83 bits per heavy atom. The number of esters is 1. The molecule has 0 bridgehead atoms. The number of hydrogen-bond donors (Lipinski definition) is 0. The molecule has 0 radical (unpaired) electrons. The number of thiazole rings is 1. The molecule has 0 N–H and O–H groups in total. The predicted molar refractivity (Wildman–Crippen MR) is 160 cm³/mol. The molecule has 0 aliphatic carbocycles. The van der Waals surface area contributed by atoms with Crippen molar-refractivity contribution in [1.29, 1.82) is 0 Å². The monoisotopic (exact) mass is 588 g/mol. The van der Waals surface area contributed by atoms with Crippen molar-refractivity contribution < 1.29 is 19.0 Å². The average molecular weight is 589 g/mol. The van der Waals surface area contributed by atoms with Crippen LogP contribution in [0.4, 0.5) is 0 Å². The summed E-state index contributed by atoms with van der Waals surface area (Å²) in [6.45, 7) is 6.01. The lowest BCUT2D eigenvalue weighted by Crippen LogP contribution is -2.39. The predicted octanol–water partition coefficient (Wildman–Crippen LogP) is 5.35. The zero-order valence-electron chi connectivity index (χ0n) is 23.1. The highest BCUT2D eigenvalue weighted by Gasteiger charge is 2.33. The van der Waals surface area contributed by atoms with Crippen LogP contribution in [-0.2, 0) is 16.1 Å². The van der Waals surface area contributed by atoms with Gasteiger partial charge in [0, 0.05) is 10.6 Å². The number of hydrogen-bond acceptors (Lipinski definition) is 7. The van der Waals surface area contributed by atoms with E-state index in [0.29, 0.717) is 38.0 Å². The summed E-state index contributed by atoms with van der Waals surface area (Å²) in [5.74, 6) is 0.981. The first kappa shape index (κ1) is 28.4. The zero-order chi connectivity index (χ0) is 29.1. The van der Waals surface area contributed by atoms with Gasteiger partial charge in [-0.3, -0.25) is 9.36 Å². The van der Waals surface area contributed by atoms with Crippen molar-refractivity contribution in [3.05, 3.63) is 125 Å². The topological polar surface area (TPSA) is 79.1 Å². The maximum absolute atomic E-state index is 13.9. The molecule has 0 saturated carbocycles. The first-order valence-electron chi connectivity index (χ1n) is 13.1. The van der Waals surface area contributed by atoms with Gasteiger partial charge in [-0.15, -0.1) is 0 Å². The number of ether oxygens (including phenoxy) is 3. The SMILES string of the molecule is CCOC(=O)C1=C(C)N=c2sc(=Cc3ccc(OC)c(COc4ccccc4C)c3)c(=O)n2[C@@H]1c1ccc(Cl)cc1. The largest absolute Gasteiger partial charge is 0.496 e. The Morgan fingerprint density at radius 1 is 1.07 bits per heavy atom. The van der Waals surface area contributed by atoms with Crippen LogP contribution in [0.15, 0.2) is 87.8 Å². The molecule has 1 atom stereocenters. The van der Waals surface area contributed by atoms with E-state index < -0.39 is 12.0 Å². The van der Waals surface area contributed by atoms with Crippen molar-refractivity contribution in [3.8, 4) is 11.5 Å². The molecule has 5 rings (SSSR count). The van der Waals surface area contributed by atoms with E-state index in [1.54, 1.807) is 37.7 Å². The second-order valence-corrected chi connectivity index (χ2v) is 10.9. The Kier molecular flexibility index (Phi) is 8.42. The van der Waals surface area contributed by atoms with E-state index in [1.807, 2.05) is 67.6 Å². The Bertz CT molecular complexity index is 1820. The van der Waals surface area contributed by atoms with Crippen molar-refractivity contribution in [3.63, 3.8) is 0 Å². The Balaban J connectivity index is 1.58. The van der Waals surface area contributed by atoms with Crippen molar-refractivity contribution in [2.45, 2.75) is 33.4 Å². The summed E-state index contributed by atoms with van der Waals surface area (Å²) in [7, 11) is 1.62. The number of fused-ring (bicyclic) bond motifs is 1. The number of para-hydroxylation sites is 1. The molecular formula is C32H29ClN2O5S. The number of benzene rings is 3. The van der Waals surface area contributed by atoms with E-state index in [-0.39, 0.29) is 12.2 Å². The number of allylic oxidation sites excluding steroid dienone is 1. The fourth-order valence-electron chi connectivity index (χ4n) is 4.78. The van der Waals surface area contributed by atoms with Crippen LogP contribution in [0.3, 0.4) is 0 Å². The van der Waals surface area contributed by atoms with E-state index >= 15 is 0 Å². The van der Waals surface area contributed by atoms with E-state index in [9.17, 15) is 9.59 Å². The van der Waals surface area contributed by atoms with Gasteiger partial charge in [0.15, 0.2) is 4.80 Å². The minimum Gasteiger partial charge on any atom is -0.496 e. The van der Waals surface area contributed by atoms with Gasteiger partial charge in [0.25, 0.3) is 5.56 Å². The van der Waals surface area contributed by atoms with Crippen LogP contribution >= 0.6 is 22.9 Å². The zero-order valence-corrected chi connectivity index (χ0v) is 24.7. The summed E-state index contributed by atoms with van der Waals surface area (Å²) in [5.41, 5.74) is 4.01. The number of aryl methyl sites for hydroxylation is 1. The van der Waals surface area contributed by atoms with Crippen LogP contribution in [0, 0.1) is 6.92 Å². The molecule has 3 aromatic carbocycles. The molecule has 0 saturated heterocycles. The molecule has 0 spiro atoms. The first-order chi connectivity index (χ1) is 19.8. The second kappa shape index (κ2) is 12.2. The number of aromatic nitrogens is 1. The molecule has 9 heteroatoms. The number of carbonyl (C=O) groups is 1. The van der Waals surface area contributed by atoms with Gasteiger partial charge in [-0.25, -0.2) is 9.79 Å². The first-order valence-corrected chi connectivity index (χ1v) is 14.3. The Morgan fingerprint density at radius 3 is 2.54 bits per heavy atom. The summed E-state index contributed by atoms with van der Waals surface area (Å²) in [6.07, 6.45) is 1.82. The minimum atomic E-state index is -0.696. The second-order valence-electron chi connectivity index (χ2n) is 9.48. The molecule has 4 aromatic rings. The van der Waals surface area contributed by atoms with Crippen LogP contribution < -0.4 is 24.4 Å². The van der Waals surface area contributed by atoms with Gasteiger partial charge in [0.05, 0.1) is 35.6 Å². The number of nitrogens with zero attached hydrogens (tertiary/aromatic N) is 2. The summed E-state index contributed by atoms with van der Waals surface area (Å²) < 4.78 is 19.0. The van der Waals surface area contributed by atoms with E-state index in [4.69, 9.17) is 25.8 Å². The average Bonchev–Trinajstić information content (AvgIpc) is 3.26. The summed E-state index contributed by atoms with van der Waals surface area (Å²) >= 11 is 7.41. The molecule has 7 nitrogen and oxygen atoms in total. The molecule has 2 heterocycles. The number of carbonyl (C=O) groups excluding carboxylic acids is 1. The summed E-state index contributed by atoms with van der Waals surface area (Å²) in [4.78, 5) is 32.1. The van der Waals surface area contributed by atoms with Crippen molar-refractivity contribution in [2.24, 2.45) is 4.99 Å². The molecule has 1 aliphatic rings. The molecule has 1 aliphatic heterocycles. The fourth-order valence-corrected chi connectivity index (χ4v) is 5.95. The summed E-state index contributed by atoms with van der Waals surface area (Å²) in [5, 5.41) is 0.557. The van der Waals surface area contributed by atoms with Crippen LogP contribution in [0.1, 0.15) is 42.1 Å². The highest BCUT2D eigenvalue weighted by Crippen LogP contribution is 2.31. The third kappa shape index (κ3) is 5.85.